The third kappa shape index (κ3) is 3.74. The number of carbonyl (C=O) groups excluding carboxylic acids is 1. The van der Waals surface area contributed by atoms with Gasteiger partial charge in [-0.05, 0) is 54.2 Å². The lowest BCUT2D eigenvalue weighted by Crippen LogP contribution is -2.31. The van der Waals surface area contributed by atoms with E-state index >= 15 is 0 Å². The molecule has 0 aromatic carbocycles. The molecule has 1 N–H and O–H groups in total. The predicted molar refractivity (Wildman–Crippen MR) is 83.6 cm³/mol. The lowest BCUT2D eigenvalue weighted by molar-refractivity contribution is -0.129. The van der Waals surface area contributed by atoms with Crippen molar-refractivity contribution in [2.45, 2.75) is 38.4 Å². The molecule has 0 radical (unpaired) electrons. The van der Waals surface area contributed by atoms with E-state index in [1.807, 2.05) is 23.6 Å². The predicted octanol–water partition coefficient (Wildman–Crippen LogP) is 3.10. The van der Waals surface area contributed by atoms with E-state index in [1.165, 1.54) is 24.2 Å². The van der Waals surface area contributed by atoms with Gasteiger partial charge < -0.3 is 4.90 Å². The number of nitrogens with one attached hydrogen (secondary N) is 1. The maximum absolute atomic E-state index is 12.2. The van der Waals surface area contributed by atoms with Crippen LogP contribution in [0.15, 0.2) is 16.8 Å². The minimum atomic E-state index is -0.0592. The number of hydrogen-bond donors (Lipinski definition) is 1. The van der Waals surface area contributed by atoms with E-state index in [9.17, 15) is 4.79 Å². The smallest absolute Gasteiger partial charge is 0.241 e. The molecular weight excluding hydrogens is 276 g/mol. The van der Waals surface area contributed by atoms with Gasteiger partial charge in [-0.3, -0.25) is 10.1 Å². The van der Waals surface area contributed by atoms with E-state index < -0.39 is 0 Å². The van der Waals surface area contributed by atoms with Crippen LogP contribution in [-0.2, 0) is 4.79 Å². The van der Waals surface area contributed by atoms with Gasteiger partial charge in [0.05, 0.1) is 6.04 Å². The average Bonchev–Trinajstić information content (AvgIpc) is 3.01. The average molecular weight is 298 g/mol. The van der Waals surface area contributed by atoms with E-state index in [2.05, 4.69) is 28.4 Å². The third-order valence-electron chi connectivity index (χ3n) is 3.48. The molecule has 1 aliphatic heterocycles. The van der Waals surface area contributed by atoms with Gasteiger partial charge in [0.2, 0.25) is 5.91 Å². The first-order valence-electron chi connectivity index (χ1n) is 6.81. The first-order valence-corrected chi connectivity index (χ1v) is 9.15. The van der Waals surface area contributed by atoms with E-state index in [1.54, 1.807) is 11.3 Å². The normalized spacial score (nSPS) is 23.3. The summed E-state index contributed by atoms with van der Waals surface area (Å²) >= 11 is 3.58. The fraction of sp³-hybridized carbons (Fsp3) is 0.643. The Morgan fingerprint density at radius 1 is 1.42 bits per heavy atom. The molecular formula is C14H22N2OS2. The van der Waals surface area contributed by atoms with Gasteiger partial charge in [0.1, 0.15) is 6.17 Å². The van der Waals surface area contributed by atoms with Crippen LogP contribution in [0.5, 0.6) is 0 Å². The van der Waals surface area contributed by atoms with Crippen molar-refractivity contribution in [1.82, 2.24) is 10.2 Å². The first kappa shape index (κ1) is 14.9. The number of carbonyl (C=O) groups is 1. The summed E-state index contributed by atoms with van der Waals surface area (Å²) in [4.78, 5) is 14.2. The Morgan fingerprint density at radius 3 is 2.95 bits per heavy atom. The summed E-state index contributed by atoms with van der Waals surface area (Å²) in [5, 5.41) is 7.59. The van der Waals surface area contributed by atoms with Crippen molar-refractivity contribution in [3.8, 4) is 0 Å². The molecule has 1 aromatic rings. The van der Waals surface area contributed by atoms with Gasteiger partial charge in [0, 0.05) is 6.54 Å². The van der Waals surface area contributed by atoms with Gasteiger partial charge in [0.25, 0.3) is 0 Å². The highest BCUT2D eigenvalue weighted by molar-refractivity contribution is 7.98. The molecule has 1 amide bonds. The Kier molecular flexibility index (Phi) is 5.73. The zero-order chi connectivity index (χ0) is 13.7. The number of hydrogen-bond acceptors (Lipinski definition) is 4. The fourth-order valence-corrected chi connectivity index (χ4v) is 3.60. The van der Waals surface area contributed by atoms with Crippen LogP contribution in [-0.4, -0.2) is 35.4 Å². The summed E-state index contributed by atoms with van der Waals surface area (Å²) in [6.45, 7) is 2.82. The molecule has 0 saturated carbocycles. The lowest BCUT2D eigenvalue weighted by atomic mass is 10.2. The van der Waals surface area contributed by atoms with Crippen molar-refractivity contribution in [3.05, 3.63) is 22.4 Å². The Morgan fingerprint density at radius 2 is 2.26 bits per heavy atom. The summed E-state index contributed by atoms with van der Waals surface area (Å²) in [5.74, 6) is 1.46. The summed E-state index contributed by atoms with van der Waals surface area (Å²) in [7, 11) is 0. The van der Waals surface area contributed by atoms with Crippen molar-refractivity contribution in [2.75, 3.05) is 18.6 Å². The van der Waals surface area contributed by atoms with Crippen LogP contribution in [0, 0.1) is 0 Å². The van der Waals surface area contributed by atoms with E-state index in [0.717, 1.165) is 13.0 Å². The molecule has 0 bridgehead atoms. The fourth-order valence-electron chi connectivity index (χ4n) is 2.43. The monoisotopic (exact) mass is 298 g/mol. The Hall–Kier alpha value is -0.520. The number of unbranched alkanes of at least 4 members (excludes halogenated alkanes) is 2. The van der Waals surface area contributed by atoms with Crippen molar-refractivity contribution in [3.63, 3.8) is 0 Å². The highest BCUT2D eigenvalue weighted by atomic mass is 32.2. The Balaban J connectivity index is 1.89. The molecule has 2 atom stereocenters. The van der Waals surface area contributed by atoms with Gasteiger partial charge in [-0.15, -0.1) is 0 Å². The molecule has 0 aliphatic carbocycles. The highest BCUT2D eigenvalue weighted by Gasteiger charge is 2.36. The maximum atomic E-state index is 12.2. The minimum absolute atomic E-state index is 0.0592. The molecule has 1 saturated heterocycles. The van der Waals surface area contributed by atoms with Crippen LogP contribution in [0.25, 0.3) is 0 Å². The Labute approximate surface area is 123 Å². The molecule has 106 valence electrons. The molecule has 3 nitrogen and oxygen atoms in total. The van der Waals surface area contributed by atoms with Crippen LogP contribution in [0.3, 0.4) is 0 Å². The topological polar surface area (TPSA) is 32.3 Å². The maximum Gasteiger partial charge on any atom is 0.241 e. The number of nitrogens with zero attached hydrogens (tertiary/aromatic N) is 1. The third-order valence-corrected chi connectivity index (χ3v) is 4.88. The van der Waals surface area contributed by atoms with Crippen LogP contribution >= 0.6 is 23.1 Å². The SMILES string of the molecule is CSCCCCCN1C(=O)C(C)NC1c1ccsc1. The number of thioether (sulfide) groups is 1. The zero-order valence-corrected chi connectivity index (χ0v) is 13.2. The molecule has 19 heavy (non-hydrogen) atoms. The van der Waals surface area contributed by atoms with Gasteiger partial charge in [-0.25, -0.2) is 0 Å². The molecule has 1 aromatic heterocycles. The van der Waals surface area contributed by atoms with Crippen molar-refractivity contribution in [2.24, 2.45) is 0 Å². The van der Waals surface area contributed by atoms with Crippen molar-refractivity contribution in [1.29, 1.82) is 0 Å². The summed E-state index contributed by atoms with van der Waals surface area (Å²) in [6.07, 6.45) is 5.77. The largest absolute Gasteiger partial charge is 0.322 e. The molecule has 2 rings (SSSR count). The molecule has 2 unspecified atom stereocenters. The Bertz CT molecular complexity index is 394. The van der Waals surface area contributed by atoms with Gasteiger partial charge in [-0.1, -0.05) is 6.42 Å². The van der Waals surface area contributed by atoms with Crippen LogP contribution < -0.4 is 5.32 Å². The standard InChI is InChI=1S/C14H22N2OS2/c1-11-14(17)16(7-4-3-5-8-18-2)13(15-11)12-6-9-19-10-12/h6,9-11,13,15H,3-5,7-8H2,1-2H3. The number of thiophene rings is 1. The quantitative estimate of drug-likeness (QED) is 0.785. The van der Waals surface area contributed by atoms with Gasteiger partial charge >= 0.3 is 0 Å². The first-order chi connectivity index (χ1) is 9.24. The van der Waals surface area contributed by atoms with Gasteiger partial charge in [-0.2, -0.15) is 23.1 Å². The minimum Gasteiger partial charge on any atom is -0.322 e. The molecule has 1 aliphatic rings. The summed E-state index contributed by atoms with van der Waals surface area (Å²) < 4.78 is 0. The van der Waals surface area contributed by atoms with Crippen LogP contribution in [0.1, 0.15) is 37.9 Å². The highest BCUT2D eigenvalue weighted by Crippen LogP contribution is 2.27. The summed E-state index contributed by atoms with van der Waals surface area (Å²) in [5.41, 5.74) is 1.21. The van der Waals surface area contributed by atoms with Gasteiger partial charge in [0.15, 0.2) is 0 Å². The van der Waals surface area contributed by atoms with E-state index in [-0.39, 0.29) is 18.1 Å². The number of amides is 1. The zero-order valence-electron chi connectivity index (χ0n) is 11.6. The van der Waals surface area contributed by atoms with Crippen LogP contribution in [0.4, 0.5) is 0 Å². The van der Waals surface area contributed by atoms with Crippen LogP contribution in [0.2, 0.25) is 0 Å². The van der Waals surface area contributed by atoms with Crippen molar-refractivity contribution < 1.29 is 4.79 Å². The second kappa shape index (κ2) is 7.31. The molecule has 5 heteroatoms. The van der Waals surface area contributed by atoms with E-state index in [0.29, 0.717) is 0 Å². The second-order valence-electron chi connectivity index (χ2n) is 4.93. The molecule has 2 heterocycles. The lowest BCUT2D eigenvalue weighted by Gasteiger charge is -2.23. The van der Waals surface area contributed by atoms with E-state index in [4.69, 9.17) is 0 Å². The summed E-state index contributed by atoms with van der Waals surface area (Å²) in [6, 6.07) is 2.05. The second-order valence-corrected chi connectivity index (χ2v) is 6.70. The molecule has 1 fully saturated rings. The van der Waals surface area contributed by atoms with Crippen molar-refractivity contribution >= 4 is 29.0 Å². The molecule has 0 spiro atoms. The number of rotatable bonds is 7.